The lowest BCUT2D eigenvalue weighted by Gasteiger charge is -2.43. The van der Waals surface area contributed by atoms with Gasteiger partial charge in [0.1, 0.15) is 5.75 Å². The second-order valence-electron chi connectivity index (χ2n) is 6.20. The van der Waals surface area contributed by atoms with Gasteiger partial charge in [0.05, 0.1) is 12.7 Å². The van der Waals surface area contributed by atoms with Crippen molar-refractivity contribution in [1.29, 1.82) is 0 Å². The predicted molar refractivity (Wildman–Crippen MR) is 78.4 cm³/mol. The molecular weight excluding hydrogens is 236 g/mol. The molecule has 0 bridgehead atoms. The second-order valence-corrected chi connectivity index (χ2v) is 6.20. The Balaban J connectivity index is 2.41. The number of aryl methyl sites for hydroxylation is 1. The Kier molecular flexibility index (Phi) is 4.19. The molecule has 1 aromatic rings. The lowest BCUT2D eigenvalue weighted by atomic mass is 9.66. The van der Waals surface area contributed by atoms with E-state index >= 15 is 0 Å². The molecule has 0 heterocycles. The van der Waals surface area contributed by atoms with Crippen LogP contribution in [0.1, 0.15) is 50.7 Å². The zero-order valence-corrected chi connectivity index (χ0v) is 12.6. The second kappa shape index (κ2) is 5.54. The first-order valence-corrected chi connectivity index (χ1v) is 7.36. The summed E-state index contributed by atoms with van der Waals surface area (Å²) in [5.74, 6) is 1.72. The lowest BCUT2D eigenvalue weighted by Crippen LogP contribution is -2.41. The van der Waals surface area contributed by atoms with Gasteiger partial charge in [-0.2, -0.15) is 0 Å². The highest BCUT2D eigenvalue weighted by atomic mass is 16.5. The molecule has 19 heavy (non-hydrogen) atoms. The van der Waals surface area contributed by atoms with E-state index in [1.807, 2.05) is 12.1 Å². The van der Waals surface area contributed by atoms with Gasteiger partial charge in [-0.3, -0.25) is 0 Å². The van der Waals surface area contributed by atoms with Gasteiger partial charge in [0, 0.05) is 0 Å². The highest BCUT2D eigenvalue weighted by Gasteiger charge is 2.42. The Labute approximate surface area is 116 Å². The van der Waals surface area contributed by atoms with E-state index in [0.717, 1.165) is 36.1 Å². The fraction of sp³-hybridized carbons (Fsp3) is 0.647. The van der Waals surface area contributed by atoms with E-state index in [1.54, 1.807) is 7.11 Å². The number of hydrogen-bond acceptors (Lipinski definition) is 2. The van der Waals surface area contributed by atoms with Crippen molar-refractivity contribution in [1.82, 2.24) is 0 Å². The molecule has 0 radical (unpaired) electrons. The van der Waals surface area contributed by atoms with Gasteiger partial charge < -0.3 is 9.84 Å². The molecule has 2 heteroatoms. The average molecular weight is 262 g/mol. The summed E-state index contributed by atoms with van der Waals surface area (Å²) in [6.07, 6.45) is 4.36. The molecule has 1 aromatic carbocycles. The Morgan fingerprint density at radius 3 is 2.63 bits per heavy atom. The third kappa shape index (κ3) is 2.64. The van der Waals surface area contributed by atoms with E-state index in [2.05, 4.69) is 26.8 Å². The summed E-state index contributed by atoms with van der Waals surface area (Å²) in [5, 5.41) is 11.3. The topological polar surface area (TPSA) is 29.5 Å². The van der Waals surface area contributed by atoms with Gasteiger partial charge in [0.2, 0.25) is 0 Å². The highest BCUT2D eigenvalue weighted by molar-refractivity contribution is 5.39. The summed E-state index contributed by atoms with van der Waals surface area (Å²) in [7, 11) is 1.68. The maximum Gasteiger partial charge on any atom is 0.119 e. The molecule has 0 amide bonds. The van der Waals surface area contributed by atoms with E-state index < -0.39 is 5.60 Å². The van der Waals surface area contributed by atoms with Crippen LogP contribution in [0.15, 0.2) is 18.2 Å². The number of rotatable bonds is 3. The predicted octanol–water partition coefficient (Wildman–Crippen LogP) is 4.04. The third-order valence-corrected chi connectivity index (χ3v) is 4.64. The lowest BCUT2D eigenvalue weighted by molar-refractivity contribution is -0.0726. The maximum absolute atomic E-state index is 11.3. The van der Waals surface area contributed by atoms with Crippen molar-refractivity contribution >= 4 is 0 Å². The van der Waals surface area contributed by atoms with Crippen LogP contribution in [-0.4, -0.2) is 12.2 Å². The van der Waals surface area contributed by atoms with Crippen LogP contribution in [0.4, 0.5) is 0 Å². The van der Waals surface area contributed by atoms with Crippen molar-refractivity contribution in [3.8, 4) is 5.75 Å². The molecule has 1 fully saturated rings. The number of hydrogen-bond donors (Lipinski definition) is 1. The monoisotopic (exact) mass is 262 g/mol. The summed E-state index contributed by atoms with van der Waals surface area (Å²) in [5.41, 5.74) is 1.56. The van der Waals surface area contributed by atoms with E-state index in [9.17, 15) is 5.11 Å². The minimum absolute atomic E-state index is 0.355. The standard InChI is InChI=1S/C17H26O2/c1-12(2)15-7-5-6-10-17(15,18)16-9-8-14(19-4)11-13(16)3/h8-9,11-12,15,18H,5-7,10H2,1-4H3. The van der Waals surface area contributed by atoms with Crippen LogP contribution < -0.4 is 4.74 Å². The van der Waals surface area contributed by atoms with Gasteiger partial charge in [-0.15, -0.1) is 0 Å². The molecule has 0 spiro atoms. The van der Waals surface area contributed by atoms with E-state index in [4.69, 9.17) is 4.74 Å². The Morgan fingerprint density at radius 1 is 1.32 bits per heavy atom. The number of aliphatic hydroxyl groups is 1. The normalized spacial score (nSPS) is 27.6. The summed E-state index contributed by atoms with van der Waals surface area (Å²) in [6.45, 7) is 6.52. The molecule has 1 aliphatic carbocycles. The van der Waals surface area contributed by atoms with Gasteiger partial charge in [0.25, 0.3) is 0 Å². The summed E-state index contributed by atoms with van der Waals surface area (Å²) >= 11 is 0. The summed E-state index contributed by atoms with van der Waals surface area (Å²) in [6, 6.07) is 6.04. The highest BCUT2D eigenvalue weighted by Crippen LogP contribution is 2.46. The molecule has 2 rings (SSSR count). The summed E-state index contributed by atoms with van der Waals surface area (Å²) < 4.78 is 5.26. The van der Waals surface area contributed by atoms with Crippen molar-refractivity contribution in [2.45, 2.75) is 52.1 Å². The first kappa shape index (κ1) is 14.4. The SMILES string of the molecule is COc1ccc(C2(O)CCCCC2C(C)C)c(C)c1. The molecule has 1 saturated carbocycles. The van der Waals surface area contributed by atoms with Gasteiger partial charge in [-0.25, -0.2) is 0 Å². The van der Waals surface area contributed by atoms with Crippen molar-refractivity contribution in [3.63, 3.8) is 0 Å². The number of methoxy groups -OCH3 is 1. The van der Waals surface area contributed by atoms with Crippen molar-refractivity contribution in [2.24, 2.45) is 11.8 Å². The van der Waals surface area contributed by atoms with Crippen LogP contribution in [0.5, 0.6) is 5.75 Å². The first-order valence-electron chi connectivity index (χ1n) is 7.36. The zero-order valence-electron chi connectivity index (χ0n) is 12.6. The van der Waals surface area contributed by atoms with E-state index in [1.165, 1.54) is 6.42 Å². The van der Waals surface area contributed by atoms with Crippen molar-refractivity contribution in [2.75, 3.05) is 7.11 Å². The quantitative estimate of drug-likeness (QED) is 0.891. The Bertz CT molecular complexity index is 439. The van der Waals surface area contributed by atoms with Crippen molar-refractivity contribution < 1.29 is 9.84 Å². The largest absolute Gasteiger partial charge is 0.497 e. The molecule has 0 aliphatic heterocycles. The summed E-state index contributed by atoms with van der Waals surface area (Å²) in [4.78, 5) is 0. The van der Waals surface area contributed by atoms with Crippen LogP contribution in [0, 0.1) is 18.8 Å². The number of benzene rings is 1. The zero-order chi connectivity index (χ0) is 14.0. The molecule has 0 aromatic heterocycles. The van der Waals surface area contributed by atoms with Gasteiger partial charge in [-0.05, 0) is 54.9 Å². The first-order chi connectivity index (χ1) is 8.99. The molecule has 2 nitrogen and oxygen atoms in total. The molecule has 2 atom stereocenters. The molecule has 1 N–H and O–H groups in total. The number of ether oxygens (including phenoxy) is 1. The Morgan fingerprint density at radius 2 is 2.05 bits per heavy atom. The van der Waals surface area contributed by atoms with Crippen LogP contribution in [0.2, 0.25) is 0 Å². The molecule has 106 valence electrons. The van der Waals surface area contributed by atoms with Gasteiger partial charge in [-0.1, -0.05) is 32.8 Å². The average Bonchev–Trinajstić information content (AvgIpc) is 2.38. The van der Waals surface area contributed by atoms with Crippen LogP contribution in [0.25, 0.3) is 0 Å². The van der Waals surface area contributed by atoms with Gasteiger partial charge >= 0.3 is 0 Å². The fourth-order valence-electron chi connectivity index (χ4n) is 3.65. The fourth-order valence-corrected chi connectivity index (χ4v) is 3.65. The van der Waals surface area contributed by atoms with Crippen molar-refractivity contribution in [3.05, 3.63) is 29.3 Å². The van der Waals surface area contributed by atoms with Crippen LogP contribution >= 0.6 is 0 Å². The Hall–Kier alpha value is -1.02. The molecule has 0 saturated heterocycles. The molecule has 1 aliphatic rings. The van der Waals surface area contributed by atoms with Gasteiger partial charge in [0.15, 0.2) is 0 Å². The maximum atomic E-state index is 11.3. The third-order valence-electron chi connectivity index (χ3n) is 4.64. The van der Waals surface area contributed by atoms with E-state index in [0.29, 0.717) is 11.8 Å². The van der Waals surface area contributed by atoms with Crippen LogP contribution in [0.3, 0.4) is 0 Å². The van der Waals surface area contributed by atoms with Crippen LogP contribution in [-0.2, 0) is 5.60 Å². The molecular formula is C17H26O2. The molecule has 2 unspecified atom stereocenters. The minimum Gasteiger partial charge on any atom is -0.497 e. The smallest absolute Gasteiger partial charge is 0.119 e. The minimum atomic E-state index is -0.664. The van der Waals surface area contributed by atoms with E-state index in [-0.39, 0.29) is 0 Å².